The standard InChI is InChI=1S/C18H25NO/c1-4-8-19-9-7-18(2)12-14(13-19)10-15-5-6-16(20-3)11-17(15)18/h4-6,11,14H,1,7-10,12-13H2,2-3H3. The van der Waals surface area contributed by atoms with Crippen molar-refractivity contribution < 1.29 is 4.74 Å². The van der Waals surface area contributed by atoms with Gasteiger partial charge in [-0.05, 0) is 60.4 Å². The van der Waals surface area contributed by atoms with Crippen molar-refractivity contribution in [3.63, 3.8) is 0 Å². The van der Waals surface area contributed by atoms with Crippen molar-refractivity contribution in [2.75, 3.05) is 26.7 Å². The second kappa shape index (κ2) is 5.25. The van der Waals surface area contributed by atoms with Crippen LogP contribution < -0.4 is 4.74 Å². The third kappa shape index (κ3) is 2.37. The number of benzene rings is 1. The Kier molecular flexibility index (Phi) is 3.59. The molecule has 2 aliphatic rings. The summed E-state index contributed by atoms with van der Waals surface area (Å²) in [6.45, 7) is 9.74. The Labute approximate surface area is 122 Å². The topological polar surface area (TPSA) is 12.5 Å². The molecule has 1 saturated heterocycles. The SMILES string of the molecule is C=CCN1CCC2(C)CC(Cc3ccc(OC)cc32)C1. The zero-order valence-electron chi connectivity index (χ0n) is 12.7. The van der Waals surface area contributed by atoms with E-state index in [-0.39, 0.29) is 0 Å². The molecule has 1 fully saturated rings. The van der Waals surface area contributed by atoms with E-state index in [0.717, 1.165) is 18.2 Å². The summed E-state index contributed by atoms with van der Waals surface area (Å²) in [5, 5.41) is 0. The molecule has 0 saturated carbocycles. The summed E-state index contributed by atoms with van der Waals surface area (Å²) in [5.41, 5.74) is 3.36. The normalized spacial score (nSPS) is 29.4. The maximum absolute atomic E-state index is 5.43. The van der Waals surface area contributed by atoms with E-state index in [9.17, 15) is 0 Å². The molecule has 2 heteroatoms. The van der Waals surface area contributed by atoms with Gasteiger partial charge < -0.3 is 4.74 Å². The van der Waals surface area contributed by atoms with Gasteiger partial charge in [-0.25, -0.2) is 0 Å². The third-order valence-electron chi connectivity index (χ3n) is 5.10. The molecular weight excluding hydrogens is 246 g/mol. The van der Waals surface area contributed by atoms with Crippen LogP contribution in [0.5, 0.6) is 5.75 Å². The van der Waals surface area contributed by atoms with Crippen LogP contribution in [-0.4, -0.2) is 31.6 Å². The summed E-state index contributed by atoms with van der Waals surface area (Å²) >= 11 is 0. The predicted molar refractivity (Wildman–Crippen MR) is 83.4 cm³/mol. The van der Waals surface area contributed by atoms with Crippen LogP contribution in [0.2, 0.25) is 0 Å². The third-order valence-corrected chi connectivity index (χ3v) is 5.10. The van der Waals surface area contributed by atoms with Crippen LogP contribution in [0.1, 0.15) is 30.9 Å². The molecule has 1 aromatic rings. The van der Waals surface area contributed by atoms with Crippen LogP contribution in [0, 0.1) is 5.92 Å². The van der Waals surface area contributed by atoms with Crippen molar-refractivity contribution in [2.24, 2.45) is 5.92 Å². The fraction of sp³-hybridized carbons (Fsp3) is 0.556. The Morgan fingerprint density at radius 2 is 2.35 bits per heavy atom. The minimum atomic E-state index is 0.308. The molecule has 1 aliphatic heterocycles. The molecule has 0 N–H and O–H groups in total. The van der Waals surface area contributed by atoms with E-state index < -0.39 is 0 Å². The molecule has 2 atom stereocenters. The smallest absolute Gasteiger partial charge is 0.119 e. The number of methoxy groups -OCH3 is 1. The molecule has 2 unspecified atom stereocenters. The fourth-order valence-electron chi connectivity index (χ4n) is 4.13. The average Bonchev–Trinajstić information content (AvgIpc) is 2.57. The van der Waals surface area contributed by atoms with Crippen molar-refractivity contribution in [1.82, 2.24) is 4.90 Å². The maximum atomic E-state index is 5.43. The lowest BCUT2D eigenvalue weighted by Gasteiger charge is -2.38. The van der Waals surface area contributed by atoms with Gasteiger partial charge in [-0.3, -0.25) is 4.90 Å². The molecule has 20 heavy (non-hydrogen) atoms. The van der Waals surface area contributed by atoms with E-state index in [2.05, 4.69) is 36.6 Å². The molecule has 1 aromatic carbocycles. The van der Waals surface area contributed by atoms with Crippen LogP contribution in [0.3, 0.4) is 0 Å². The molecule has 2 nitrogen and oxygen atoms in total. The van der Waals surface area contributed by atoms with E-state index in [1.807, 2.05) is 6.08 Å². The average molecular weight is 271 g/mol. The predicted octanol–water partition coefficient (Wildman–Crippen LogP) is 3.41. The summed E-state index contributed by atoms with van der Waals surface area (Å²) in [6, 6.07) is 6.66. The quantitative estimate of drug-likeness (QED) is 0.781. The first kappa shape index (κ1) is 13.7. The van der Waals surface area contributed by atoms with Crippen LogP contribution >= 0.6 is 0 Å². The first-order chi connectivity index (χ1) is 9.64. The van der Waals surface area contributed by atoms with E-state index >= 15 is 0 Å². The highest BCUT2D eigenvalue weighted by molar-refractivity contribution is 5.42. The largest absolute Gasteiger partial charge is 0.497 e. The van der Waals surface area contributed by atoms with Gasteiger partial charge in [0, 0.05) is 13.1 Å². The molecule has 0 spiro atoms. The van der Waals surface area contributed by atoms with Crippen LogP contribution in [0.15, 0.2) is 30.9 Å². The highest BCUT2D eigenvalue weighted by Gasteiger charge is 2.39. The Hall–Kier alpha value is -1.28. The molecule has 2 bridgehead atoms. The summed E-state index contributed by atoms with van der Waals surface area (Å²) < 4.78 is 5.43. The number of hydrogen-bond acceptors (Lipinski definition) is 2. The summed E-state index contributed by atoms with van der Waals surface area (Å²) in [5.74, 6) is 1.78. The van der Waals surface area contributed by atoms with Crippen molar-refractivity contribution in [3.05, 3.63) is 42.0 Å². The molecule has 0 amide bonds. The Morgan fingerprint density at radius 3 is 3.10 bits per heavy atom. The first-order valence-electron chi connectivity index (χ1n) is 7.65. The van der Waals surface area contributed by atoms with E-state index in [1.54, 1.807) is 7.11 Å². The highest BCUT2D eigenvalue weighted by atomic mass is 16.5. The van der Waals surface area contributed by atoms with E-state index in [4.69, 9.17) is 4.74 Å². The van der Waals surface area contributed by atoms with E-state index in [1.165, 1.54) is 43.5 Å². The van der Waals surface area contributed by atoms with Gasteiger partial charge in [0.15, 0.2) is 0 Å². The first-order valence-corrected chi connectivity index (χ1v) is 7.65. The highest BCUT2D eigenvalue weighted by Crippen LogP contribution is 2.45. The number of ether oxygens (including phenoxy) is 1. The summed E-state index contributed by atoms with van der Waals surface area (Å²) in [7, 11) is 1.76. The van der Waals surface area contributed by atoms with Crippen LogP contribution in [-0.2, 0) is 11.8 Å². The minimum Gasteiger partial charge on any atom is -0.497 e. The van der Waals surface area contributed by atoms with Gasteiger partial charge in [0.2, 0.25) is 0 Å². The van der Waals surface area contributed by atoms with Gasteiger partial charge in [0.05, 0.1) is 7.11 Å². The Bertz CT molecular complexity index is 510. The monoisotopic (exact) mass is 271 g/mol. The van der Waals surface area contributed by atoms with E-state index in [0.29, 0.717) is 5.41 Å². The summed E-state index contributed by atoms with van der Waals surface area (Å²) in [6.07, 6.45) is 5.79. The molecular formula is C18H25NO. The van der Waals surface area contributed by atoms with Crippen molar-refractivity contribution in [3.8, 4) is 5.75 Å². The summed E-state index contributed by atoms with van der Waals surface area (Å²) in [4.78, 5) is 2.56. The number of nitrogens with zero attached hydrogens (tertiary/aromatic N) is 1. The van der Waals surface area contributed by atoms with Gasteiger partial charge >= 0.3 is 0 Å². The Balaban J connectivity index is 1.95. The second-order valence-electron chi connectivity index (χ2n) is 6.66. The molecule has 1 heterocycles. The number of fused-ring (bicyclic) bond motifs is 4. The Morgan fingerprint density at radius 1 is 1.50 bits per heavy atom. The van der Waals surface area contributed by atoms with Gasteiger partial charge in [-0.1, -0.05) is 19.1 Å². The zero-order valence-corrected chi connectivity index (χ0v) is 12.7. The lowest BCUT2D eigenvalue weighted by atomic mass is 9.66. The second-order valence-corrected chi connectivity index (χ2v) is 6.66. The minimum absolute atomic E-state index is 0.308. The number of hydrogen-bond donors (Lipinski definition) is 0. The molecule has 1 aliphatic carbocycles. The lowest BCUT2D eigenvalue weighted by Crippen LogP contribution is -2.32. The number of rotatable bonds is 3. The van der Waals surface area contributed by atoms with Gasteiger partial charge in [0.1, 0.15) is 5.75 Å². The zero-order chi connectivity index (χ0) is 14.2. The molecule has 3 rings (SSSR count). The molecule has 108 valence electrons. The van der Waals surface area contributed by atoms with Gasteiger partial charge in [-0.2, -0.15) is 0 Å². The lowest BCUT2D eigenvalue weighted by molar-refractivity contribution is 0.268. The van der Waals surface area contributed by atoms with Crippen LogP contribution in [0.4, 0.5) is 0 Å². The van der Waals surface area contributed by atoms with Crippen molar-refractivity contribution in [1.29, 1.82) is 0 Å². The number of likely N-dealkylation sites (tertiary alicyclic amines) is 1. The maximum Gasteiger partial charge on any atom is 0.119 e. The van der Waals surface area contributed by atoms with Crippen LogP contribution in [0.25, 0.3) is 0 Å². The van der Waals surface area contributed by atoms with Crippen molar-refractivity contribution in [2.45, 2.75) is 31.6 Å². The van der Waals surface area contributed by atoms with Gasteiger partial charge in [0.25, 0.3) is 0 Å². The van der Waals surface area contributed by atoms with Gasteiger partial charge in [-0.15, -0.1) is 6.58 Å². The molecule has 0 aromatic heterocycles. The van der Waals surface area contributed by atoms with Crippen molar-refractivity contribution >= 4 is 0 Å². The molecule has 0 radical (unpaired) electrons. The fourth-order valence-corrected chi connectivity index (χ4v) is 4.13.